The van der Waals surface area contributed by atoms with Gasteiger partial charge in [-0.2, -0.15) is 0 Å². The highest BCUT2D eigenvalue weighted by atomic mass is 16.7. The van der Waals surface area contributed by atoms with Gasteiger partial charge < -0.3 is 9.31 Å². The molecule has 3 heterocycles. The van der Waals surface area contributed by atoms with Crippen molar-refractivity contribution in [1.82, 2.24) is 9.97 Å². The number of nitrogens with zero attached hydrogens (tertiary/aromatic N) is 2. The fourth-order valence-corrected chi connectivity index (χ4v) is 6.02. The van der Waals surface area contributed by atoms with E-state index in [0.717, 1.165) is 22.1 Å². The molecular weight excluding hydrogens is 467 g/mol. The van der Waals surface area contributed by atoms with Crippen molar-refractivity contribution >= 4 is 23.5 Å². The van der Waals surface area contributed by atoms with Crippen LogP contribution in [-0.4, -0.2) is 28.3 Å². The van der Waals surface area contributed by atoms with Crippen molar-refractivity contribution in [3.8, 4) is 11.1 Å². The van der Waals surface area contributed by atoms with Crippen molar-refractivity contribution in [1.29, 1.82) is 0 Å². The van der Waals surface area contributed by atoms with Crippen molar-refractivity contribution < 1.29 is 9.31 Å². The van der Waals surface area contributed by atoms with E-state index in [9.17, 15) is 0 Å². The Balaban J connectivity index is 1.53. The van der Waals surface area contributed by atoms with Gasteiger partial charge in [0.2, 0.25) is 0 Å². The van der Waals surface area contributed by atoms with Crippen LogP contribution in [0, 0.1) is 0 Å². The smallest absolute Gasteiger partial charge is 0.399 e. The zero-order valence-electron chi connectivity index (χ0n) is 22.1. The zero-order chi connectivity index (χ0) is 26.1. The minimum absolute atomic E-state index is 0.414. The van der Waals surface area contributed by atoms with Gasteiger partial charge in [0.15, 0.2) is 0 Å². The first kappa shape index (κ1) is 23.3. The largest absolute Gasteiger partial charge is 0.494 e. The molecule has 1 aliphatic heterocycles. The SMILES string of the molecule is CC1(C)OB(c2ccc3c(c2)C(c2ccccc2)(c2ccc4ccncc4n2)c2ccccc2-3)OC1(C)C. The molecule has 1 aliphatic carbocycles. The quantitative estimate of drug-likeness (QED) is 0.270. The molecule has 0 N–H and O–H groups in total. The van der Waals surface area contributed by atoms with Gasteiger partial charge in [0, 0.05) is 11.6 Å². The van der Waals surface area contributed by atoms with Gasteiger partial charge in [-0.1, -0.05) is 78.9 Å². The lowest BCUT2D eigenvalue weighted by Gasteiger charge is -2.33. The molecule has 0 saturated carbocycles. The van der Waals surface area contributed by atoms with E-state index in [1.807, 2.05) is 18.5 Å². The summed E-state index contributed by atoms with van der Waals surface area (Å²) in [7, 11) is -0.448. The second kappa shape index (κ2) is 8.10. The normalized spacial score (nSPS) is 20.9. The van der Waals surface area contributed by atoms with Crippen LogP contribution in [0.2, 0.25) is 0 Å². The molecule has 0 radical (unpaired) electrons. The molecule has 5 aromatic rings. The minimum Gasteiger partial charge on any atom is -0.399 e. The Labute approximate surface area is 223 Å². The van der Waals surface area contributed by atoms with Crippen LogP contribution in [0.5, 0.6) is 0 Å². The van der Waals surface area contributed by atoms with Crippen LogP contribution in [0.1, 0.15) is 50.1 Å². The number of rotatable bonds is 3. The maximum Gasteiger partial charge on any atom is 0.494 e. The Kier molecular flexibility index (Phi) is 4.97. The van der Waals surface area contributed by atoms with Gasteiger partial charge in [-0.05, 0) is 73.1 Å². The van der Waals surface area contributed by atoms with Crippen LogP contribution in [0.4, 0.5) is 0 Å². The average Bonchev–Trinajstić information content (AvgIpc) is 3.35. The molecule has 7 rings (SSSR count). The van der Waals surface area contributed by atoms with E-state index in [2.05, 4.69) is 118 Å². The first-order chi connectivity index (χ1) is 18.3. The summed E-state index contributed by atoms with van der Waals surface area (Å²) in [6.45, 7) is 8.38. The van der Waals surface area contributed by atoms with Crippen LogP contribution < -0.4 is 5.46 Å². The zero-order valence-corrected chi connectivity index (χ0v) is 22.1. The highest BCUT2D eigenvalue weighted by Gasteiger charge is 2.53. The topological polar surface area (TPSA) is 44.2 Å². The lowest BCUT2D eigenvalue weighted by molar-refractivity contribution is 0.00578. The van der Waals surface area contributed by atoms with E-state index in [1.54, 1.807) is 0 Å². The van der Waals surface area contributed by atoms with Gasteiger partial charge in [0.1, 0.15) is 0 Å². The highest BCUT2D eigenvalue weighted by molar-refractivity contribution is 6.62. The molecule has 1 fully saturated rings. The Bertz CT molecular complexity index is 1680. The second-order valence-corrected chi connectivity index (χ2v) is 11.3. The third kappa shape index (κ3) is 3.19. The molecule has 0 amide bonds. The van der Waals surface area contributed by atoms with Crippen molar-refractivity contribution in [3.05, 3.63) is 126 Å². The fraction of sp³-hybridized carbons (Fsp3) is 0.212. The molecule has 3 aromatic carbocycles. The molecule has 5 heteroatoms. The standard InChI is InChI=1S/C33H29BN2O2/c1-31(2)32(3,4)38-34(37-31)24-15-16-26-25-12-8-9-13-27(25)33(28(26)20-24,23-10-6-5-7-11-23)30-17-14-22-18-19-35-21-29(22)36-30/h5-21H,1-4H3. The molecule has 2 aromatic heterocycles. The maximum atomic E-state index is 6.48. The summed E-state index contributed by atoms with van der Waals surface area (Å²) in [5.74, 6) is 0. The van der Waals surface area contributed by atoms with Crippen LogP contribution in [0.25, 0.3) is 22.0 Å². The van der Waals surface area contributed by atoms with Gasteiger partial charge in [0.25, 0.3) is 0 Å². The maximum absolute atomic E-state index is 6.48. The summed E-state index contributed by atoms with van der Waals surface area (Å²) in [6.07, 6.45) is 3.66. The van der Waals surface area contributed by atoms with Crippen LogP contribution >= 0.6 is 0 Å². The van der Waals surface area contributed by atoms with Gasteiger partial charge in [-0.15, -0.1) is 0 Å². The van der Waals surface area contributed by atoms with Crippen LogP contribution in [-0.2, 0) is 14.7 Å². The van der Waals surface area contributed by atoms with Gasteiger partial charge >= 0.3 is 7.12 Å². The van der Waals surface area contributed by atoms with Crippen molar-refractivity contribution in [2.45, 2.75) is 44.3 Å². The van der Waals surface area contributed by atoms with Crippen molar-refractivity contribution in [2.75, 3.05) is 0 Å². The van der Waals surface area contributed by atoms with Gasteiger partial charge in [-0.3, -0.25) is 4.98 Å². The van der Waals surface area contributed by atoms with E-state index in [1.165, 1.54) is 27.8 Å². The highest BCUT2D eigenvalue weighted by Crippen LogP contribution is 2.55. The van der Waals surface area contributed by atoms with Crippen LogP contribution in [0.15, 0.2) is 103 Å². The number of fused-ring (bicyclic) bond motifs is 4. The number of aromatic nitrogens is 2. The van der Waals surface area contributed by atoms with E-state index < -0.39 is 23.7 Å². The van der Waals surface area contributed by atoms with E-state index >= 15 is 0 Å². The molecule has 0 bridgehead atoms. The molecule has 1 saturated heterocycles. The van der Waals surface area contributed by atoms with Gasteiger partial charge in [0.05, 0.1) is 34.0 Å². The second-order valence-electron chi connectivity index (χ2n) is 11.3. The predicted molar refractivity (Wildman–Crippen MR) is 153 cm³/mol. The Hall–Kier alpha value is -3.80. The fourth-order valence-electron chi connectivity index (χ4n) is 6.02. The molecule has 2 aliphatic rings. The first-order valence-corrected chi connectivity index (χ1v) is 13.2. The predicted octanol–water partition coefficient (Wildman–Crippen LogP) is 6.29. The Morgan fingerprint density at radius 2 is 1.39 bits per heavy atom. The van der Waals surface area contributed by atoms with E-state index in [0.29, 0.717) is 0 Å². The number of benzene rings is 3. The minimum atomic E-state index is -0.600. The van der Waals surface area contributed by atoms with Crippen molar-refractivity contribution in [2.24, 2.45) is 0 Å². The third-order valence-electron chi connectivity index (χ3n) is 8.68. The number of hydrogen-bond acceptors (Lipinski definition) is 4. The van der Waals surface area contributed by atoms with E-state index in [4.69, 9.17) is 14.3 Å². The summed E-state index contributed by atoms with van der Waals surface area (Å²) in [6, 6.07) is 32.4. The average molecular weight is 496 g/mol. The monoisotopic (exact) mass is 496 g/mol. The summed E-state index contributed by atoms with van der Waals surface area (Å²) in [5.41, 5.74) is 7.46. The Morgan fingerprint density at radius 1 is 0.684 bits per heavy atom. The lowest BCUT2D eigenvalue weighted by atomic mass is 9.68. The summed E-state index contributed by atoms with van der Waals surface area (Å²) < 4.78 is 13.0. The summed E-state index contributed by atoms with van der Waals surface area (Å²) in [4.78, 5) is 9.61. The Morgan fingerprint density at radius 3 is 2.18 bits per heavy atom. The lowest BCUT2D eigenvalue weighted by Crippen LogP contribution is -2.41. The van der Waals surface area contributed by atoms with Crippen LogP contribution in [0.3, 0.4) is 0 Å². The molecule has 38 heavy (non-hydrogen) atoms. The molecule has 0 spiro atoms. The molecule has 186 valence electrons. The summed E-state index contributed by atoms with van der Waals surface area (Å²) in [5, 5.41) is 1.07. The molecule has 1 atom stereocenters. The molecule has 1 unspecified atom stereocenters. The van der Waals surface area contributed by atoms with E-state index in [-0.39, 0.29) is 0 Å². The number of pyridine rings is 2. The molecule has 4 nitrogen and oxygen atoms in total. The van der Waals surface area contributed by atoms with Gasteiger partial charge in [-0.25, -0.2) is 4.98 Å². The third-order valence-corrected chi connectivity index (χ3v) is 8.68. The number of hydrogen-bond donors (Lipinski definition) is 0. The summed E-state index contributed by atoms with van der Waals surface area (Å²) >= 11 is 0. The van der Waals surface area contributed by atoms with Crippen molar-refractivity contribution in [3.63, 3.8) is 0 Å². The first-order valence-electron chi connectivity index (χ1n) is 13.2. The molecular formula is C33H29BN2O2.